The van der Waals surface area contributed by atoms with Crippen LogP contribution in [-0.2, 0) is 4.79 Å². The van der Waals surface area contributed by atoms with E-state index in [4.69, 9.17) is 15.2 Å². The fraction of sp³-hybridized carbons (Fsp3) is 0.562. The van der Waals surface area contributed by atoms with Crippen molar-refractivity contribution in [3.8, 4) is 11.5 Å². The number of nitrogens with one attached hydrogen (secondary N) is 1. The highest BCUT2D eigenvalue weighted by Crippen LogP contribution is 2.34. The van der Waals surface area contributed by atoms with Crippen molar-refractivity contribution in [1.29, 1.82) is 0 Å². The highest BCUT2D eigenvalue weighted by molar-refractivity contribution is 5.83. The van der Waals surface area contributed by atoms with Crippen LogP contribution < -0.4 is 20.5 Å². The molecule has 5 nitrogen and oxygen atoms in total. The molecule has 0 radical (unpaired) electrons. The van der Waals surface area contributed by atoms with Crippen molar-refractivity contribution in [3.05, 3.63) is 23.8 Å². The van der Waals surface area contributed by atoms with Gasteiger partial charge < -0.3 is 20.5 Å². The molecule has 5 heteroatoms. The van der Waals surface area contributed by atoms with E-state index >= 15 is 0 Å². The lowest BCUT2D eigenvalue weighted by atomic mass is 9.81. The summed E-state index contributed by atoms with van der Waals surface area (Å²) in [5, 5.41) is 3.07. The molecule has 0 aromatic heterocycles. The number of hydrogen-bond acceptors (Lipinski definition) is 4. The lowest BCUT2D eigenvalue weighted by Gasteiger charge is -2.30. The predicted octanol–water partition coefficient (Wildman–Crippen LogP) is 2.36. The first-order chi connectivity index (χ1) is 10.1. The molecule has 1 aliphatic rings. The third-order valence-electron chi connectivity index (χ3n) is 4.47. The van der Waals surface area contributed by atoms with Gasteiger partial charge in [-0.2, -0.15) is 0 Å². The van der Waals surface area contributed by atoms with E-state index in [9.17, 15) is 4.79 Å². The SMILES string of the molecule is CCC(CC)(CN)C(=O)NC(C)c1ccc2c(c1)OCO2. The largest absolute Gasteiger partial charge is 0.454 e. The molecule has 0 bridgehead atoms. The van der Waals surface area contributed by atoms with Gasteiger partial charge in [0.05, 0.1) is 11.5 Å². The van der Waals surface area contributed by atoms with Gasteiger partial charge in [-0.3, -0.25) is 4.79 Å². The van der Waals surface area contributed by atoms with E-state index < -0.39 is 5.41 Å². The van der Waals surface area contributed by atoms with E-state index in [1.807, 2.05) is 39.0 Å². The number of nitrogens with two attached hydrogens (primary N) is 1. The molecule has 3 N–H and O–H groups in total. The van der Waals surface area contributed by atoms with E-state index in [-0.39, 0.29) is 18.7 Å². The molecule has 1 aromatic carbocycles. The summed E-state index contributed by atoms with van der Waals surface area (Å²) in [6.45, 7) is 6.57. The van der Waals surface area contributed by atoms with Gasteiger partial charge in [-0.15, -0.1) is 0 Å². The molecule has 0 spiro atoms. The summed E-state index contributed by atoms with van der Waals surface area (Å²) < 4.78 is 10.7. The van der Waals surface area contributed by atoms with E-state index in [0.29, 0.717) is 6.54 Å². The molecular weight excluding hydrogens is 268 g/mol. The second-order valence-electron chi connectivity index (χ2n) is 5.50. The summed E-state index contributed by atoms with van der Waals surface area (Å²) in [5.74, 6) is 1.49. The van der Waals surface area contributed by atoms with E-state index in [0.717, 1.165) is 29.9 Å². The summed E-state index contributed by atoms with van der Waals surface area (Å²) in [6, 6.07) is 5.63. The number of carbonyl (C=O) groups excluding carboxylic acids is 1. The average molecular weight is 292 g/mol. The van der Waals surface area contributed by atoms with Gasteiger partial charge in [-0.05, 0) is 37.5 Å². The van der Waals surface area contributed by atoms with Crippen LogP contribution in [0, 0.1) is 5.41 Å². The van der Waals surface area contributed by atoms with E-state index in [1.54, 1.807) is 0 Å². The number of ether oxygens (including phenoxy) is 2. The molecular formula is C16H24N2O3. The minimum atomic E-state index is -0.482. The zero-order chi connectivity index (χ0) is 15.5. The Bertz CT molecular complexity index is 504. The Balaban J connectivity index is 2.10. The summed E-state index contributed by atoms with van der Waals surface area (Å²) in [6.07, 6.45) is 1.47. The molecule has 1 amide bonds. The number of benzene rings is 1. The summed E-state index contributed by atoms with van der Waals surface area (Å²) in [5.41, 5.74) is 6.33. The fourth-order valence-electron chi connectivity index (χ4n) is 2.57. The first-order valence-corrected chi connectivity index (χ1v) is 7.47. The second kappa shape index (κ2) is 6.35. The van der Waals surface area contributed by atoms with Crippen LogP contribution in [0.15, 0.2) is 18.2 Å². The number of rotatable bonds is 6. The summed E-state index contributed by atoms with van der Waals surface area (Å²) in [7, 11) is 0. The molecule has 1 heterocycles. The maximum Gasteiger partial charge on any atom is 0.231 e. The standard InChI is InChI=1S/C16H24N2O3/c1-4-16(5-2,9-17)15(19)18-11(3)12-6-7-13-14(8-12)21-10-20-13/h6-8,11H,4-5,9-10,17H2,1-3H3,(H,18,19). The van der Waals surface area contributed by atoms with Crippen molar-refractivity contribution < 1.29 is 14.3 Å². The Hall–Kier alpha value is -1.75. The van der Waals surface area contributed by atoms with Crippen LogP contribution in [0.1, 0.15) is 45.2 Å². The maximum absolute atomic E-state index is 12.5. The predicted molar refractivity (Wildman–Crippen MR) is 81.2 cm³/mol. The molecule has 116 valence electrons. The van der Waals surface area contributed by atoms with Crippen LogP contribution >= 0.6 is 0 Å². The Labute approximate surface area is 125 Å². The normalized spacial score (nSPS) is 14.9. The third-order valence-corrected chi connectivity index (χ3v) is 4.47. The first-order valence-electron chi connectivity index (χ1n) is 7.47. The van der Waals surface area contributed by atoms with Crippen molar-refractivity contribution in [2.24, 2.45) is 11.1 Å². The van der Waals surface area contributed by atoms with E-state index in [2.05, 4.69) is 5.32 Å². The van der Waals surface area contributed by atoms with Gasteiger partial charge in [0.15, 0.2) is 11.5 Å². The maximum atomic E-state index is 12.5. The van der Waals surface area contributed by atoms with E-state index in [1.165, 1.54) is 0 Å². The zero-order valence-corrected chi connectivity index (χ0v) is 12.9. The average Bonchev–Trinajstić information content (AvgIpc) is 2.97. The van der Waals surface area contributed by atoms with Crippen LogP contribution in [0.25, 0.3) is 0 Å². The topological polar surface area (TPSA) is 73.6 Å². The van der Waals surface area contributed by atoms with Crippen LogP contribution in [0.2, 0.25) is 0 Å². The van der Waals surface area contributed by atoms with Crippen LogP contribution in [0.3, 0.4) is 0 Å². The number of hydrogen-bond donors (Lipinski definition) is 2. The van der Waals surface area contributed by atoms with Gasteiger partial charge in [0.2, 0.25) is 12.7 Å². The number of carbonyl (C=O) groups is 1. The Morgan fingerprint density at radius 2 is 2.00 bits per heavy atom. The smallest absolute Gasteiger partial charge is 0.231 e. The number of amides is 1. The highest BCUT2D eigenvalue weighted by Gasteiger charge is 2.34. The zero-order valence-electron chi connectivity index (χ0n) is 12.9. The van der Waals surface area contributed by atoms with Crippen molar-refractivity contribution in [3.63, 3.8) is 0 Å². The Kier molecular flexibility index (Phi) is 4.73. The molecule has 0 fully saturated rings. The minimum Gasteiger partial charge on any atom is -0.454 e. The van der Waals surface area contributed by atoms with Crippen molar-refractivity contribution >= 4 is 5.91 Å². The van der Waals surface area contributed by atoms with Crippen LogP contribution in [-0.4, -0.2) is 19.2 Å². The lowest BCUT2D eigenvalue weighted by molar-refractivity contribution is -0.131. The van der Waals surface area contributed by atoms with Gasteiger partial charge >= 0.3 is 0 Å². The molecule has 0 aliphatic carbocycles. The molecule has 1 aromatic rings. The van der Waals surface area contributed by atoms with Crippen molar-refractivity contribution in [2.75, 3.05) is 13.3 Å². The van der Waals surface area contributed by atoms with Crippen molar-refractivity contribution in [2.45, 2.75) is 39.7 Å². The third kappa shape index (κ3) is 2.97. The molecule has 1 atom stereocenters. The van der Waals surface area contributed by atoms with Crippen LogP contribution in [0.4, 0.5) is 0 Å². The van der Waals surface area contributed by atoms with Gasteiger partial charge in [0, 0.05) is 6.54 Å². The Morgan fingerprint density at radius 3 is 2.62 bits per heavy atom. The summed E-state index contributed by atoms with van der Waals surface area (Å²) >= 11 is 0. The quantitative estimate of drug-likeness (QED) is 0.844. The second-order valence-corrected chi connectivity index (χ2v) is 5.50. The summed E-state index contributed by atoms with van der Waals surface area (Å²) in [4.78, 5) is 12.5. The van der Waals surface area contributed by atoms with Gasteiger partial charge in [-0.1, -0.05) is 19.9 Å². The molecule has 0 saturated heterocycles. The molecule has 1 unspecified atom stereocenters. The monoisotopic (exact) mass is 292 g/mol. The van der Waals surface area contributed by atoms with Gasteiger partial charge in [0.25, 0.3) is 0 Å². The van der Waals surface area contributed by atoms with Gasteiger partial charge in [0.1, 0.15) is 0 Å². The highest BCUT2D eigenvalue weighted by atomic mass is 16.7. The van der Waals surface area contributed by atoms with Crippen molar-refractivity contribution in [1.82, 2.24) is 5.32 Å². The molecule has 2 rings (SSSR count). The Morgan fingerprint density at radius 1 is 1.33 bits per heavy atom. The lowest BCUT2D eigenvalue weighted by Crippen LogP contribution is -2.46. The molecule has 0 saturated carbocycles. The van der Waals surface area contributed by atoms with Crippen LogP contribution in [0.5, 0.6) is 11.5 Å². The molecule has 1 aliphatic heterocycles. The van der Waals surface area contributed by atoms with Gasteiger partial charge in [-0.25, -0.2) is 0 Å². The molecule has 21 heavy (non-hydrogen) atoms. The minimum absolute atomic E-state index is 0.0140. The number of fused-ring (bicyclic) bond motifs is 1. The first kappa shape index (κ1) is 15.6. The fourth-order valence-corrected chi connectivity index (χ4v) is 2.57.